The van der Waals surface area contributed by atoms with Crippen molar-refractivity contribution in [1.82, 2.24) is 30.0 Å². The molecule has 2 fully saturated rings. The molecule has 4 aromatic rings. The second kappa shape index (κ2) is 13.3. The summed E-state index contributed by atoms with van der Waals surface area (Å²) in [5, 5.41) is 8.92. The first-order chi connectivity index (χ1) is 21.0. The lowest BCUT2D eigenvalue weighted by Crippen LogP contribution is -2.49. The molecule has 10 heteroatoms. The van der Waals surface area contributed by atoms with Crippen molar-refractivity contribution in [1.29, 1.82) is 0 Å². The van der Waals surface area contributed by atoms with Gasteiger partial charge in [-0.3, -0.25) is 23.9 Å². The Hall–Kier alpha value is -3.73. The number of rotatable bonds is 9. The number of carbonyl (C=O) groups excluding carboxylic acids is 2. The third-order valence-electron chi connectivity index (χ3n) is 8.42. The molecule has 9 nitrogen and oxygen atoms in total. The molecule has 0 spiro atoms. The fraction of sp³-hybridized carbons (Fsp3) is 0.394. The first kappa shape index (κ1) is 29.3. The van der Waals surface area contributed by atoms with Crippen molar-refractivity contribution < 1.29 is 9.59 Å². The predicted octanol–water partition coefficient (Wildman–Crippen LogP) is 3.42. The molecule has 6 rings (SSSR count). The molecule has 3 aromatic carbocycles. The molecule has 2 saturated heterocycles. The molecule has 1 aromatic heterocycles. The number of aromatic nitrogens is 2. The molecule has 224 valence electrons. The Kier molecular flexibility index (Phi) is 9.06. The van der Waals surface area contributed by atoms with Crippen LogP contribution in [-0.2, 0) is 16.1 Å². The van der Waals surface area contributed by atoms with Gasteiger partial charge >= 0.3 is 0 Å². The van der Waals surface area contributed by atoms with E-state index in [4.69, 9.17) is 4.98 Å². The van der Waals surface area contributed by atoms with E-state index in [9.17, 15) is 14.4 Å². The second-order valence-corrected chi connectivity index (χ2v) is 12.3. The number of nitrogens with one attached hydrogen (secondary N) is 2. The third-order valence-corrected chi connectivity index (χ3v) is 9.66. The zero-order valence-electron chi connectivity index (χ0n) is 24.5. The minimum Gasteiger partial charge on any atom is -0.353 e. The highest BCUT2D eigenvalue weighted by molar-refractivity contribution is 8.00. The number of amides is 2. The monoisotopic (exact) mass is 598 g/mol. The van der Waals surface area contributed by atoms with E-state index in [0.717, 1.165) is 55.4 Å². The van der Waals surface area contributed by atoms with Gasteiger partial charge < -0.3 is 15.5 Å². The number of hydrogen-bond acceptors (Lipinski definition) is 7. The van der Waals surface area contributed by atoms with E-state index in [1.807, 2.05) is 78.6 Å². The van der Waals surface area contributed by atoms with Crippen LogP contribution in [0.15, 0.2) is 76.7 Å². The van der Waals surface area contributed by atoms with Gasteiger partial charge in [0.1, 0.15) is 5.25 Å². The van der Waals surface area contributed by atoms with Crippen molar-refractivity contribution in [3.8, 4) is 0 Å². The van der Waals surface area contributed by atoms with Crippen molar-refractivity contribution in [3.05, 3.63) is 82.6 Å². The summed E-state index contributed by atoms with van der Waals surface area (Å²) in [5.74, 6) is -0.0272. The molecule has 2 atom stereocenters. The standard InChI is InChI=1S/C33H38N6O3S/c1-2-38-31(41)27-19-24-11-6-7-12-25(24)20-28(27)36-33(38)43-30(23-9-4-3-5-10-23)32(42)39-16-8-13-26(39)21-35-29(40)22-37-17-14-34-15-18-37/h3-7,9-12,19-20,26,30,34H,2,8,13-18,21-22H2,1H3,(H,35,40)/t26-,30?/m1/s1. The summed E-state index contributed by atoms with van der Waals surface area (Å²) in [6, 6.07) is 21.4. The predicted molar refractivity (Wildman–Crippen MR) is 171 cm³/mol. The zero-order chi connectivity index (χ0) is 29.8. The lowest BCUT2D eigenvalue weighted by atomic mass is 10.1. The maximum absolute atomic E-state index is 14.3. The van der Waals surface area contributed by atoms with Crippen LogP contribution in [0.1, 0.15) is 30.6 Å². The highest BCUT2D eigenvalue weighted by Crippen LogP contribution is 2.38. The van der Waals surface area contributed by atoms with E-state index >= 15 is 0 Å². The van der Waals surface area contributed by atoms with Gasteiger partial charge in [-0.1, -0.05) is 66.4 Å². The first-order valence-corrected chi connectivity index (χ1v) is 16.0. The Balaban J connectivity index is 1.26. The molecule has 1 unspecified atom stereocenters. The summed E-state index contributed by atoms with van der Waals surface area (Å²) in [4.78, 5) is 49.7. The summed E-state index contributed by atoms with van der Waals surface area (Å²) < 4.78 is 1.67. The summed E-state index contributed by atoms with van der Waals surface area (Å²) in [7, 11) is 0. The largest absolute Gasteiger partial charge is 0.353 e. The number of benzene rings is 3. The Morgan fingerprint density at radius 3 is 2.49 bits per heavy atom. The van der Waals surface area contributed by atoms with E-state index in [0.29, 0.717) is 42.2 Å². The van der Waals surface area contributed by atoms with Crippen molar-refractivity contribution in [2.45, 2.75) is 42.8 Å². The zero-order valence-corrected chi connectivity index (χ0v) is 25.3. The van der Waals surface area contributed by atoms with Gasteiger partial charge in [-0.05, 0) is 48.2 Å². The molecule has 0 bridgehead atoms. The molecule has 0 saturated carbocycles. The molecule has 3 heterocycles. The molecule has 0 aliphatic carbocycles. The SMILES string of the molecule is CCn1c(SC(C(=O)N2CCC[C@@H]2CNC(=O)CN2CCNCC2)c2ccccc2)nc2cc3ccccc3cc2c1=O. The Morgan fingerprint density at radius 1 is 1.02 bits per heavy atom. The lowest BCUT2D eigenvalue weighted by molar-refractivity contribution is -0.132. The quantitative estimate of drug-likeness (QED) is 0.173. The number of hydrogen-bond donors (Lipinski definition) is 2. The molecular weight excluding hydrogens is 560 g/mol. The number of carbonyl (C=O) groups is 2. The van der Waals surface area contributed by atoms with Gasteiger partial charge in [-0.25, -0.2) is 4.98 Å². The molecule has 43 heavy (non-hydrogen) atoms. The summed E-state index contributed by atoms with van der Waals surface area (Å²) in [6.45, 7) is 7.33. The van der Waals surface area contributed by atoms with Crippen LogP contribution in [0.5, 0.6) is 0 Å². The molecular formula is C33H38N6O3S. The molecule has 2 N–H and O–H groups in total. The Labute approximate surface area is 255 Å². The third kappa shape index (κ3) is 6.46. The van der Waals surface area contributed by atoms with Crippen LogP contribution in [0, 0.1) is 0 Å². The minimum atomic E-state index is -0.582. The fourth-order valence-corrected chi connectivity index (χ4v) is 7.33. The van der Waals surface area contributed by atoms with Crippen LogP contribution in [0.4, 0.5) is 0 Å². The second-order valence-electron chi connectivity index (χ2n) is 11.2. The maximum Gasteiger partial charge on any atom is 0.262 e. The van der Waals surface area contributed by atoms with Gasteiger partial charge in [-0.2, -0.15) is 0 Å². The normalized spacial score (nSPS) is 18.3. The minimum absolute atomic E-state index is 0.00460. The van der Waals surface area contributed by atoms with Crippen molar-refractivity contribution in [2.75, 3.05) is 45.8 Å². The van der Waals surface area contributed by atoms with E-state index in [1.165, 1.54) is 11.8 Å². The van der Waals surface area contributed by atoms with Gasteiger partial charge in [0, 0.05) is 51.9 Å². The van der Waals surface area contributed by atoms with E-state index in [-0.39, 0.29) is 23.4 Å². The Bertz CT molecular complexity index is 1670. The highest BCUT2D eigenvalue weighted by atomic mass is 32.2. The number of nitrogens with zero attached hydrogens (tertiary/aromatic N) is 4. The van der Waals surface area contributed by atoms with Crippen LogP contribution < -0.4 is 16.2 Å². The van der Waals surface area contributed by atoms with Crippen LogP contribution in [0.3, 0.4) is 0 Å². The van der Waals surface area contributed by atoms with Gasteiger partial charge in [0.05, 0.1) is 17.4 Å². The van der Waals surface area contributed by atoms with Gasteiger partial charge in [0.2, 0.25) is 11.8 Å². The van der Waals surface area contributed by atoms with Crippen molar-refractivity contribution in [2.24, 2.45) is 0 Å². The first-order valence-electron chi connectivity index (χ1n) is 15.2. The number of fused-ring (bicyclic) bond motifs is 2. The maximum atomic E-state index is 14.3. The van der Waals surface area contributed by atoms with Crippen LogP contribution >= 0.6 is 11.8 Å². The fourth-order valence-electron chi connectivity index (χ4n) is 6.10. The van der Waals surface area contributed by atoms with E-state index in [1.54, 1.807) is 4.57 Å². The smallest absolute Gasteiger partial charge is 0.262 e. The van der Waals surface area contributed by atoms with Gasteiger partial charge in [0.25, 0.3) is 5.56 Å². The van der Waals surface area contributed by atoms with Crippen molar-refractivity contribution >= 4 is 45.3 Å². The topological polar surface area (TPSA) is 99.6 Å². The lowest BCUT2D eigenvalue weighted by Gasteiger charge is -2.30. The summed E-state index contributed by atoms with van der Waals surface area (Å²) in [5.41, 5.74) is 1.38. The highest BCUT2D eigenvalue weighted by Gasteiger charge is 2.35. The molecule has 0 radical (unpaired) electrons. The van der Waals surface area contributed by atoms with Crippen molar-refractivity contribution in [3.63, 3.8) is 0 Å². The van der Waals surface area contributed by atoms with E-state index in [2.05, 4.69) is 15.5 Å². The molecule has 2 amide bonds. The molecule has 2 aliphatic heterocycles. The van der Waals surface area contributed by atoms with Gasteiger partial charge in [-0.15, -0.1) is 0 Å². The number of likely N-dealkylation sites (tertiary alicyclic amines) is 1. The summed E-state index contributed by atoms with van der Waals surface area (Å²) in [6.07, 6.45) is 1.73. The van der Waals surface area contributed by atoms with E-state index < -0.39 is 5.25 Å². The number of thioether (sulfide) groups is 1. The van der Waals surface area contributed by atoms with Crippen LogP contribution in [0.2, 0.25) is 0 Å². The average molecular weight is 599 g/mol. The van der Waals surface area contributed by atoms with Crippen LogP contribution in [-0.4, -0.2) is 83.0 Å². The summed E-state index contributed by atoms with van der Waals surface area (Å²) >= 11 is 1.33. The molecule has 2 aliphatic rings. The van der Waals surface area contributed by atoms with Gasteiger partial charge in [0.15, 0.2) is 5.16 Å². The average Bonchev–Trinajstić information content (AvgIpc) is 3.51. The van der Waals surface area contributed by atoms with Crippen LogP contribution in [0.25, 0.3) is 21.7 Å². The number of piperazine rings is 1. The Morgan fingerprint density at radius 2 is 1.74 bits per heavy atom.